The lowest BCUT2D eigenvalue weighted by Gasteiger charge is -2.25. The number of ether oxygens (including phenoxy) is 1. The lowest BCUT2D eigenvalue weighted by Crippen LogP contribution is -2.36. The number of anilines is 3. The zero-order chi connectivity index (χ0) is 32.1. The monoisotopic (exact) mass is 615 g/mol. The van der Waals surface area contributed by atoms with Crippen LogP contribution in [0.4, 0.5) is 30.2 Å². The normalized spacial score (nSPS) is 13.1. The second kappa shape index (κ2) is 13.0. The highest BCUT2D eigenvalue weighted by molar-refractivity contribution is 6.12. The summed E-state index contributed by atoms with van der Waals surface area (Å²) in [5.41, 5.74) is 0.647. The summed E-state index contributed by atoms with van der Waals surface area (Å²) >= 11 is 0. The van der Waals surface area contributed by atoms with Gasteiger partial charge in [-0.15, -0.1) is 0 Å². The van der Waals surface area contributed by atoms with E-state index >= 15 is 0 Å². The SMILES string of the molecule is CCOC(=O)CN1C(=O)CCN(C(=O)c2ccc(NC(=O)c3ccccc3-c3ccccc3C(F)(F)F)cc2)c2ccccc21. The Morgan fingerprint density at radius 1 is 0.822 bits per heavy atom. The molecule has 8 nitrogen and oxygen atoms in total. The predicted molar refractivity (Wildman–Crippen MR) is 163 cm³/mol. The average molecular weight is 616 g/mol. The molecular weight excluding hydrogens is 587 g/mol. The van der Waals surface area contributed by atoms with Gasteiger partial charge in [-0.2, -0.15) is 13.2 Å². The molecule has 1 heterocycles. The maximum absolute atomic E-state index is 13.7. The van der Waals surface area contributed by atoms with Gasteiger partial charge in [0.2, 0.25) is 5.91 Å². The molecule has 0 radical (unpaired) electrons. The molecular formula is C34H28F3N3O5. The highest BCUT2D eigenvalue weighted by Crippen LogP contribution is 2.38. The second-order valence-electron chi connectivity index (χ2n) is 10.1. The van der Waals surface area contributed by atoms with Crippen molar-refractivity contribution >= 4 is 40.8 Å². The Morgan fingerprint density at radius 3 is 2.13 bits per heavy atom. The molecule has 45 heavy (non-hydrogen) atoms. The summed E-state index contributed by atoms with van der Waals surface area (Å²) in [7, 11) is 0. The number of carbonyl (C=O) groups excluding carboxylic acids is 4. The highest BCUT2D eigenvalue weighted by Gasteiger charge is 2.34. The first kappa shape index (κ1) is 31.0. The van der Waals surface area contributed by atoms with Crippen LogP contribution in [0.5, 0.6) is 0 Å². The van der Waals surface area contributed by atoms with Crippen LogP contribution in [0.3, 0.4) is 0 Å². The number of hydrogen-bond acceptors (Lipinski definition) is 5. The van der Waals surface area contributed by atoms with Crippen LogP contribution in [0, 0.1) is 0 Å². The first-order chi connectivity index (χ1) is 21.6. The third-order valence-electron chi connectivity index (χ3n) is 7.24. The highest BCUT2D eigenvalue weighted by atomic mass is 19.4. The van der Waals surface area contributed by atoms with E-state index in [0.717, 1.165) is 6.07 Å². The van der Waals surface area contributed by atoms with E-state index in [9.17, 15) is 32.3 Å². The molecule has 1 aliphatic rings. The van der Waals surface area contributed by atoms with Gasteiger partial charge < -0.3 is 15.0 Å². The van der Waals surface area contributed by atoms with Gasteiger partial charge >= 0.3 is 12.1 Å². The largest absolute Gasteiger partial charge is 0.465 e. The lowest BCUT2D eigenvalue weighted by molar-refractivity contribution is -0.142. The number of carbonyl (C=O) groups is 4. The summed E-state index contributed by atoms with van der Waals surface area (Å²) in [5.74, 6) is -1.92. The number of nitrogens with one attached hydrogen (secondary N) is 1. The molecule has 0 fully saturated rings. The summed E-state index contributed by atoms with van der Waals surface area (Å²) in [6.45, 7) is 1.62. The number of benzene rings is 4. The molecule has 1 aliphatic heterocycles. The van der Waals surface area contributed by atoms with Crippen LogP contribution in [0.2, 0.25) is 0 Å². The average Bonchev–Trinajstić information content (AvgIpc) is 3.17. The van der Waals surface area contributed by atoms with Gasteiger partial charge in [-0.1, -0.05) is 48.5 Å². The number of nitrogens with zero attached hydrogens (tertiary/aromatic N) is 2. The zero-order valence-electron chi connectivity index (χ0n) is 24.1. The van der Waals surface area contributed by atoms with E-state index in [1.54, 1.807) is 43.3 Å². The first-order valence-electron chi connectivity index (χ1n) is 14.1. The van der Waals surface area contributed by atoms with Crippen LogP contribution in [0.15, 0.2) is 97.1 Å². The fourth-order valence-corrected chi connectivity index (χ4v) is 5.17. The zero-order valence-corrected chi connectivity index (χ0v) is 24.1. The Hall–Kier alpha value is -5.45. The fourth-order valence-electron chi connectivity index (χ4n) is 5.17. The molecule has 1 N–H and O–H groups in total. The van der Waals surface area contributed by atoms with Crippen LogP contribution < -0.4 is 15.1 Å². The minimum absolute atomic E-state index is 0.0230. The van der Waals surface area contributed by atoms with Gasteiger partial charge in [-0.25, -0.2) is 0 Å². The Bertz CT molecular complexity index is 1750. The number of amides is 3. The summed E-state index contributed by atoms with van der Waals surface area (Å²) in [6.07, 6.45) is -4.63. The van der Waals surface area contributed by atoms with E-state index in [1.807, 2.05) is 0 Å². The van der Waals surface area contributed by atoms with Crippen molar-refractivity contribution in [3.8, 4) is 11.1 Å². The number of rotatable bonds is 7. The summed E-state index contributed by atoms with van der Waals surface area (Å²) in [6, 6.07) is 23.9. The number of alkyl halides is 3. The quantitative estimate of drug-likeness (QED) is 0.237. The molecule has 4 aromatic carbocycles. The number of hydrogen-bond donors (Lipinski definition) is 1. The fraction of sp³-hybridized carbons (Fsp3) is 0.176. The van der Waals surface area contributed by atoms with Crippen molar-refractivity contribution in [1.29, 1.82) is 0 Å². The summed E-state index contributed by atoms with van der Waals surface area (Å²) in [5, 5.41) is 2.70. The molecule has 0 saturated heterocycles. The molecule has 5 rings (SSSR count). The van der Waals surface area contributed by atoms with Crippen molar-refractivity contribution in [1.82, 2.24) is 0 Å². The number of para-hydroxylation sites is 2. The molecule has 3 amide bonds. The first-order valence-corrected chi connectivity index (χ1v) is 14.1. The third-order valence-corrected chi connectivity index (χ3v) is 7.24. The van der Waals surface area contributed by atoms with Crippen LogP contribution in [0.1, 0.15) is 39.6 Å². The van der Waals surface area contributed by atoms with Gasteiger partial charge in [-0.05, 0) is 66.6 Å². The van der Waals surface area contributed by atoms with Crippen molar-refractivity contribution in [3.63, 3.8) is 0 Å². The van der Waals surface area contributed by atoms with Crippen LogP contribution in [-0.2, 0) is 20.5 Å². The van der Waals surface area contributed by atoms with Gasteiger partial charge in [0.25, 0.3) is 11.8 Å². The minimum Gasteiger partial charge on any atom is -0.465 e. The molecule has 0 spiro atoms. The number of fused-ring (bicyclic) bond motifs is 1. The van der Waals surface area contributed by atoms with Crippen molar-refractivity contribution in [2.75, 3.05) is 34.8 Å². The van der Waals surface area contributed by atoms with E-state index in [0.29, 0.717) is 17.1 Å². The number of esters is 1. The van der Waals surface area contributed by atoms with Crippen molar-refractivity contribution in [3.05, 3.63) is 114 Å². The van der Waals surface area contributed by atoms with Gasteiger partial charge in [0, 0.05) is 29.8 Å². The van der Waals surface area contributed by atoms with Gasteiger partial charge in [0.05, 0.1) is 23.5 Å². The summed E-state index contributed by atoms with van der Waals surface area (Å²) in [4.78, 5) is 54.8. The molecule has 0 atom stereocenters. The molecule has 0 unspecified atom stereocenters. The van der Waals surface area contributed by atoms with E-state index < -0.39 is 29.5 Å². The van der Waals surface area contributed by atoms with E-state index in [4.69, 9.17) is 4.74 Å². The third kappa shape index (κ3) is 6.72. The van der Waals surface area contributed by atoms with Crippen LogP contribution in [-0.4, -0.2) is 43.4 Å². The maximum Gasteiger partial charge on any atom is 0.417 e. The van der Waals surface area contributed by atoms with Gasteiger partial charge in [0.15, 0.2) is 0 Å². The maximum atomic E-state index is 13.7. The lowest BCUT2D eigenvalue weighted by atomic mass is 9.94. The van der Waals surface area contributed by atoms with E-state index in [-0.39, 0.29) is 54.3 Å². The molecule has 230 valence electrons. The molecule has 4 aromatic rings. The molecule has 11 heteroatoms. The van der Waals surface area contributed by atoms with E-state index in [1.165, 1.54) is 64.4 Å². The van der Waals surface area contributed by atoms with Gasteiger partial charge in [-0.3, -0.25) is 24.1 Å². The Balaban J connectivity index is 1.37. The summed E-state index contributed by atoms with van der Waals surface area (Å²) < 4.78 is 46.1. The molecule has 0 bridgehead atoms. The van der Waals surface area contributed by atoms with Crippen molar-refractivity contribution < 1.29 is 37.1 Å². The van der Waals surface area contributed by atoms with Crippen LogP contribution in [0.25, 0.3) is 11.1 Å². The van der Waals surface area contributed by atoms with Crippen molar-refractivity contribution in [2.24, 2.45) is 0 Å². The topological polar surface area (TPSA) is 96.0 Å². The van der Waals surface area contributed by atoms with E-state index in [2.05, 4.69) is 5.32 Å². The second-order valence-corrected chi connectivity index (χ2v) is 10.1. The Morgan fingerprint density at radius 2 is 1.44 bits per heavy atom. The van der Waals surface area contributed by atoms with Gasteiger partial charge in [0.1, 0.15) is 6.54 Å². The standard InChI is InChI=1S/C34H28F3N3O5/c1-2-45-31(42)21-40-29-14-8-7-13-28(29)39(20-19-30(40)41)33(44)22-15-17-23(18-16-22)38-32(43)26-11-4-3-9-24(26)25-10-5-6-12-27(25)34(35,36)37/h3-18H,2,19-21H2,1H3,(H,38,43). The van der Waals surface area contributed by atoms with Crippen molar-refractivity contribution in [2.45, 2.75) is 19.5 Å². The smallest absolute Gasteiger partial charge is 0.417 e. The molecule has 0 aliphatic carbocycles. The predicted octanol–water partition coefficient (Wildman–Crippen LogP) is 6.57. The Kier molecular flexibility index (Phi) is 8.98. The molecule has 0 aromatic heterocycles. The molecule has 0 saturated carbocycles. The number of halogens is 3. The minimum atomic E-state index is -4.61. The Labute approximate surface area is 257 Å². The van der Waals surface area contributed by atoms with Crippen LogP contribution >= 0.6 is 0 Å².